The van der Waals surface area contributed by atoms with E-state index in [1.54, 1.807) is 12.1 Å². The first kappa shape index (κ1) is 10.7. The number of halogens is 1. The van der Waals surface area contributed by atoms with E-state index in [2.05, 4.69) is 26.8 Å². The van der Waals surface area contributed by atoms with Gasteiger partial charge in [0.1, 0.15) is 5.82 Å². The normalized spacial score (nSPS) is 19.0. The maximum absolute atomic E-state index is 13.4. The van der Waals surface area contributed by atoms with Gasteiger partial charge in [0, 0.05) is 5.41 Å². The zero-order valence-corrected chi connectivity index (χ0v) is 10.0. The van der Waals surface area contributed by atoms with Crippen molar-refractivity contribution in [3.8, 4) is 0 Å². The predicted molar refractivity (Wildman–Crippen MR) is 61.5 cm³/mol. The van der Waals surface area contributed by atoms with E-state index < -0.39 is 0 Å². The molecule has 1 saturated carbocycles. The summed E-state index contributed by atoms with van der Waals surface area (Å²) in [7, 11) is 0. The fourth-order valence-corrected chi connectivity index (χ4v) is 2.61. The van der Waals surface area contributed by atoms with Gasteiger partial charge in [0.25, 0.3) is 0 Å². The highest BCUT2D eigenvalue weighted by molar-refractivity contribution is 5.37. The van der Waals surface area contributed by atoms with E-state index >= 15 is 0 Å². The van der Waals surface area contributed by atoms with Crippen molar-refractivity contribution in [2.24, 2.45) is 5.41 Å². The highest BCUT2D eigenvalue weighted by Gasteiger charge is 2.53. The molecule has 1 aromatic carbocycles. The van der Waals surface area contributed by atoms with Crippen LogP contribution in [0.2, 0.25) is 0 Å². The lowest BCUT2D eigenvalue weighted by molar-refractivity contribution is 0.298. The average Bonchev–Trinajstić information content (AvgIpc) is 2.79. The Morgan fingerprint density at radius 2 is 1.73 bits per heavy atom. The molecule has 15 heavy (non-hydrogen) atoms. The molecular weight excluding hydrogens is 187 g/mol. The summed E-state index contributed by atoms with van der Waals surface area (Å²) in [5.74, 6) is -0.0967. The molecule has 1 aromatic rings. The number of aryl methyl sites for hydroxylation is 1. The molecule has 1 aliphatic carbocycles. The molecule has 0 atom stereocenters. The maximum atomic E-state index is 13.4. The Labute approximate surface area is 91.5 Å². The molecule has 0 spiro atoms. The fourth-order valence-electron chi connectivity index (χ4n) is 2.61. The van der Waals surface area contributed by atoms with Gasteiger partial charge >= 0.3 is 0 Å². The smallest absolute Gasteiger partial charge is 0.123 e. The van der Waals surface area contributed by atoms with E-state index in [0.717, 1.165) is 5.56 Å². The van der Waals surface area contributed by atoms with Gasteiger partial charge < -0.3 is 0 Å². The highest BCUT2D eigenvalue weighted by atomic mass is 19.1. The van der Waals surface area contributed by atoms with Crippen LogP contribution in [-0.2, 0) is 5.41 Å². The van der Waals surface area contributed by atoms with Gasteiger partial charge in [-0.05, 0) is 48.4 Å². The van der Waals surface area contributed by atoms with Crippen molar-refractivity contribution >= 4 is 0 Å². The van der Waals surface area contributed by atoms with Gasteiger partial charge in [-0.3, -0.25) is 0 Å². The SMILES string of the molecule is Cc1cc(F)cc(C2(C(C)(C)C)CC2)c1. The lowest BCUT2D eigenvalue weighted by Gasteiger charge is -2.31. The predicted octanol–water partition coefficient (Wildman–Crippen LogP) is 4.21. The standard InChI is InChI=1S/C14H19F/c1-10-7-11(9-12(15)8-10)14(5-6-14)13(2,3)4/h7-9H,5-6H2,1-4H3. The second-order valence-corrected chi connectivity index (χ2v) is 5.85. The monoisotopic (exact) mass is 206 g/mol. The number of rotatable bonds is 1. The lowest BCUT2D eigenvalue weighted by atomic mass is 9.73. The first-order valence-corrected chi connectivity index (χ1v) is 5.63. The zero-order chi connectivity index (χ0) is 11.3. The molecular formula is C14H19F. The molecule has 1 heteroatoms. The van der Waals surface area contributed by atoms with E-state index in [4.69, 9.17) is 0 Å². The van der Waals surface area contributed by atoms with Crippen LogP contribution in [0.4, 0.5) is 4.39 Å². The van der Waals surface area contributed by atoms with Crippen LogP contribution < -0.4 is 0 Å². The van der Waals surface area contributed by atoms with E-state index in [0.29, 0.717) is 0 Å². The van der Waals surface area contributed by atoms with Crippen molar-refractivity contribution in [1.82, 2.24) is 0 Å². The molecule has 0 radical (unpaired) electrons. The third-order valence-corrected chi connectivity index (χ3v) is 3.78. The summed E-state index contributed by atoms with van der Waals surface area (Å²) in [6.07, 6.45) is 2.39. The fraction of sp³-hybridized carbons (Fsp3) is 0.571. The quantitative estimate of drug-likeness (QED) is 0.645. The first-order valence-electron chi connectivity index (χ1n) is 5.63. The topological polar surface area (TPSA) is 0 Å². The summed E-state index contributed by atoms with van der Waals surface area (Å²) in [4.78, 5) is 0. The molecule has 0 unspecified atom stereocenters. The second kappa shape index (κ2) is 3.07. The van der Waals surface area contributed by atoms with Gasteiger partial charge in [0.2, 0.25) is 0 Å². The lowest BCUT2D eigenvalue weighted by Crippen LogP contribution is -2.26. The Morgan fingerprint density at radius 3 is 2.13 bits per heavy atom. The largest absolute Gasteiger partial charge is 0.207 e. The molecule has 0 aliphatic heterocycles. The van der Waals surface area contributed by atoms with Crippen LogP contribution in [0.25, 0.3) is 0 Å². The van der Waals surface area contributed by atoms with Crippen molar-refractivity contribution in [3.05, 3.63) is 35.1 Å². The van der Waals surface area contributed by atoms with Gasteiger partial charge in [-0.25, -0.2) is 4.39 Å². The molecule has 82 valence electrons. The number of hydrogen-bond acceptors (Lipinski definition) is 0. The van der Waals surface area contributed by atoms with Gasteiger partial charge in [-0.1, -0.05) is 26.8 Å². The molecule has 0 heterocycles. The molecule has 0 bridgehead atoms. The zero-order valence-electron chi connectivity index (χ0n) is 10.0. The van der Waals surface area contributed by atoms with E-state index in [-0.39, 0.29) is 16.6 Å². The van der Waals surface area contributed by atoms with Crippen LogP contribution in [0.5, 0.6) is 0 Å². The Morgan fingerprint density at radius 1 is 1.13 bits per heavy atom. The minimum absolute atomic E-state index is 0.0967. The summed E-state index contributed by atoms with van der Waals surface area (Å²) in [6.45, 7) is 8.71. The van der Waals surface area contributed by atoms with Gasteiger partial charge in [0.15, 0.2) is 0 Å². The van der Waals surface area contributed by atoms with Gasteiger partial charge in [0.05, 0.1) is 0 Å². The molecule has 2 rings (SSSR count). The van der Waals surface area contributed by atoms with Crippen molar-refractivity contribution in [2.75, 3.05) is 0 Å². The summed E-state index contributed by atoms with van der Waals surface area (Å²) in [5.41, 5.74) is 2.67. The summed E-state index contributed by atoms with van der Waals surface area (Å²) >= 11 is 0. The Kier molecular flexibility index (Phi) is 2.18. The molecule has 1 fully saturated rings. The van der Waals surface area contributed by atoms with Gasteiger partial charge in [-0.15, -0.1) is 0 Å². The van der Waals surface area contributed by atoms with Crippen molar-refractivity contribution in [2.45, 2.75) is 46.0 Å². The minimum Gasteiger partial charge on any atom is -0.207 e. The summed E-state index contributed by atoms with van der Waals surface area (Å²) in [5, 5.41) is 0. The van der Waals surface area contributed by atoms with Crippen molar-refractivity contribution < 1.29 is 4.39 Å². The van der Waals surface area contributed by atoms with Crippen LogP contribution in [0.3, 0.4) is 0 Å². The molecule has 0 nitrogen and oxygen atoms in total. The third kappa shape index (κ3) is 1.68. The molecule has 0 saturated heterocycles. The van der Waals surface area contributed by atoms with E-state index in [1.807, 2.05) is 6.92 Å². The van der Waals surface area contributed by atoms with Crippen molar-refractivity contribution in [3.63, 3.8) is 0 Å². The maximum Gasteiger partial charge on any atom is 0.123 e. The van der Waals surface area contributed by atoms with E-state index in [1.165, 1.54) is 18.4 Å². The molecule has 0 amide bonds. The summed E-state index contributed by atoms with van der Waals surface area (Å²) in [6, 6.07) is 5.45. The highest BCUT2D eigenvalue weighted by Crippen LogP contribution is 2.59. The Bertz CT molecular complexity index is 361. The average molecular weight is 206 g/mol. The first-order chi connectivity index (χ1) is 6.85. The van der Waals surface area contributed by atoms with Crippen LogP contribution in [-0.4, -0.2) is 0 Å². The van der Waals surface area contributed by atoms with Crippen molar-refractivity contribution in [1.29, 1.82) is 0 Å². The molecule has 1 aliphatic rings. The van der Waals surface area contributed by atoms with Crippen LogP contribution >= 0.6 is 0 Å². The van der Waals surface area contributed by atoms with E-state index in [9.17, 15) is 4.39 Å². The Balaban J connectivity index is 2.46. The van der Waals surface area contributed by atoms with Crippen LogP contribution in [0.1, 0.15) is 44.7 Å². The van der Waals surface area contributed by atoms with Gasteiger partial charge in [-0.2, -0.15) is 0 Å². The number of hydrogen-bond donors (Lipinski definition) is 0. The third-order valence-electron chi connectivity index (χ3n) is 3.78. The second-order valence-electron chi connectivity index (χ2n) is 5.85. The Hall–Kier alpha value is -0.850. The van der Waals surface area contributed by atoms with Crippen LogP contribution in [0, 0.1) is 18.2 Å². The minimum atomic E-state index is -0.0967. The molecule has 0 aromatic heterocycles. The van der Waals surface area contributed by atoms with Crippen LogP contribution in [0.15, 0.2) is 18.2 Å². The summed E-state index contributed by atoms with van der Waals surface area (Å²) < 4.78 is 13.4. The molecule has 0 N–H and O–H groups in total. The number of benzene rings is 1.